The van der Waals surface area contributed by atoms with Gasteiger partial charge in [0.05, 0.1) is 28.4 Å². The molecule has 0 aromatic heterocycles. The molecule has 1 fully saturated rings. The molecule has 3 unspecified atom stereocenters. The fraction of sp³-hybridized carbons (Fsp3) is 0.438. The monoisotopic (exact) mass is 547 g/mol. The van der Waals surface area contributed by atoms with E-state index in [1.54, 1.807) is 34.5 Å². The Labute approximate surface area is 235 Å². The minimum absolute atomic E-state index is 0.0328. The van der Waals surface area contributed by atoms with Gasteiger partial charge in [0.2, 0.25) is 0 Å². The average molecular weight is 548 g/mol. The summed E-state index contributed by atoms with van der Waals surface area (Å²) in [5, 5.41) is 3.36. The van der Waals surface area contributed by atoms with Crippen LogP contribution in [0.1, 0.15) is 61.5 Å². The first-order valence-corrected chi connectivity index (χ1v) is 13.7. The van der Waals surface area contributed by atoms with E-state index in [1.807, 2.05) is 30.3 Å². The lowest BCUT2D eigenvalue weighted by Crippen LogP contribution is -2.42. The van der Waals surface area contributed by atoms with Crippen LogP contribution in [0.25, 0.3) is 0 Å². The van der Waals surface area contributed by atoms with Crippen LogP contribution >= 0.6 is 0 Å². The highest BCUT2D eigenvalue weighted by atomic mass is 16.5. The van der Waals surface area contributed by atoms with Crippen LogP contribution in [-0.2, 0) is 14.3 Å². The summed E-state index contributed by atoms with van der Waals surface area (Å²) >= 11 is 0. The molecule has 3 aliphatic rings. The zero-order chi connectivity index (χ0) is 28.4. The maximum Gasteiger partial charge on any atom is 0.316 e. The first kappa shape index (κ1) is 27.6. The number of allylic oxidation sites excluding steroid dienone is 2. The van der Waals surface area contributed by atoms with Crippen LogP contribution in [0.15, 0.2) is 59.9 Å². The van der Waals surface area contributed by atoms with Crippen LogP contribution in [0.2, 0.25) is 0 Å². The predicted octanol–water partition coefficient (Wildman–Crippen LogP) is 5.42. The highest BCUT2D eigenvalue weighted by Crippen LogP contribution is 2.51. The normalized spacial score (nSPS) is 22.9. The molecule has 0 amide bonds. The SMILES string of the molecule is C=C1NC2=C(C(=O)CC(c3ccc(OC)c(OC)c3)C2)C(c2cccc(OC)c2OC)C1C(=O)OC1CCCC1. The number of ether oxygens (including phenoxy) is 5. The summed E-state index contributed by atoms with van der Waals surface area (Å²) in [6.45, 7) is 4.26. The van der Waals surface area contributed by atoms with Crippen molar-refractivity contribution < 1.29 is 33.3 Å². The van der Waals surface area contributed by atoms with Crippen LogP contribution < -0.4 is 24.3 Å². The quantitative estimate of drug-likeness (QED) is 0.438. The summed E-state index contributed by atoms with van der Waals surface area (Å²) in [6.07, 6.45) is 4.54. The number of benzene rings is 2. The fourth-order valence-corrected chi connectivity index (χ4v) is 6.41. The number of Topliss-reactive ketones (excluding diaryl/α,β-unsaturated/α-hetero) is 1. The van der Waals surface area contributed by atoms with Gasteiger partial charge in [-0.05, 0) is 61.8 Å². The number of carbonyl (C=O) groups is 2. The lowest BCUT2D eigenvalue weighted by Gasteiger charge is -2.40. The molecule has 40 heavy (non-hydrogen) atoms. The fourth-order valence-electron chi connectivity index (χ4n) is 6.41. The minimum atomic E-state index is -0.790. The van der Waals surface area contributed by atoms with E-state index in [9.17, 15) is 9.59 Å². The van der Waals surface area contributed by atoms with E-state index < -0.39 is 11.8 Å². The second kappa shape index (κ2) is 11.7. The maximum absolute atomic E-state index is 14.0. The van der Waals surface area contributed by atoms with Gasteiger partial charge in [-0.25, -0.2) is 0 Å². The highest BCUT2D eigenvalue weighted by Gasteiger charge is 2.47. The lowest BCUT2D eigenvalue weighted by atomic mass is 9.68. The molecular formula is C32H37NO7. The summed E-state index contributed by atoms with van der Waals surface area (Å²) in [7, 11) is 6.32. The Bertz CT molecular complexity index is 1340. The molecule has 0 bridgehead atoms. The Morgan fingerprint density at radius 2 is 1.62 bits per heavy atom. The van der Waals surface area contributed by atoms with Gasteiger partial charge in [0.15, 0.2) is 28.8 Å². The average Bonchev–Trinajstić information content (AvgIpc) is 3.48. The van der Waals surface area contributed by atoms with Crippen LogP contribution in [-0.4, -0.2) is 46.3 Å². The number of carbonyl (C=O) groups excluding carboxylic acids is 2. The van der Waals surface area contributed by atoms with Crippen molar-refractivity contribution >= 4 is 11.8 Å². The lowest BCUT2D eigenvalue weighted by molar-refractivity contribution is -0.153. The van der Waals surface area contributed by atoms with Crippen molar-refractivity contribution in [3.8, 4) is 23.0 Å². The molecule has 8 nitrogen and oxygen atoms in total. The third-order valence-corrected chi connectivity index (χ3v) is 8.33. The van der Waals surface area contributed by atoms with Gasteiger partial charge in [0.25, 0.3) is 0 Å². The van der Waals surface area contributed by atoms with Crippen LogP contribution in [0.5, 0.6) is 23.0 Å². The smallest absolute Gasteiger partial charge is 0.316 e. The third kappa shape index (κ3) is 5.03. The van der Waals surface area contributed by atoms with E-state index in [4.69, 9.17) is 23.7 Å². The Balaban J connectivity index is 1.58. The van der Waals surface area contributed by atoms with Gasteiger partial charge >= 0.3 is 5.97 Å². The van der Waals surface area contributed by atoms with Gasteiger partial charge in [-0.15, -0.1) is 0 Å². The molecule has 2 aromatic rings. The third-order valence-electron chi connectivity index (χ3n) is 8.33. The van der Waals surface area contributed by atoms with Crippen molar-refractivity contribution in [1.82, 2.24) is 5.32 Å². The molecular weight excluding hydrogens is 510 g/mol. The van der Waals surface area contributed by atoms with E-state index >= 15 is 0 Å². The molecule has 1 heterocycles. The van der Waals surface area contributed by atoms with E-state index in [1.165, 1.54) is 0 Å². The van der Waals surface area contributed by atoms with E-state index in [-0.39, 0.29) is 30.2 Å². The molecule has 2 aliphatic carbocycles. The van der Waals surface area contributed by atoms with Gasteiger partial charge in [-0.1, -0.05) is 24.8 Å². The maximum atomic E-state index is 14.0. The van der Waals surface area contributed by atoms with Crippen molar-refractivity contribution in [2.75, 3.05) is 28.4 Å². The molecule has 0 saturated heterocycles. The zero-order valence-electron chi connectivity index (χ0n) is 23.6. The van der Waals surface area contributed by atoms with E-state index in [0.717, 1.165) is 36.9 Å². The van der Waals surface area contributed by atoms with Gasteiger partial charge in [-0.3, -0.25) is 9.59 Å². The molecule has 2 aromatic carbocycles. The van der Waals surface area contributed by atoms with Gasteiger partial charge in [0.1, 0.15) is 12.0 Å². The summed E-state index contributed by atoms with van der Waals surface area (Å²) < 4.78 is 28.2. The molecule has 0 spiro atoms. The number of hydrogen-bond donors (Lipinski definition) is 1. The van der Waals surface area contributed by atoms with Crippen molar-refractivity contribution in [3.05, 3.63) is 71.1 Å². The Kier molecular flexibility index (Phi) is 8.05. The molecule has 1 aliphatic heterocycles. The van der Waals surface area contributed by atoms with Gasteiger partial charge < -0.3 is 29.0 Å². The van der Waals surface area contributed by atoms with Gasteiger partial charge in [-0.2, -0.15) is 0 Å². The molecule has 5 rings (SSSR count). The standard InChI is InChI=1S/C32H37NO7/c1-18-28(32(35)40-21-9-6-7-10-21)29(22-11-8-12-26(37-3)31(22)39-5)30-23(33-18)15-20(16-24(30)34)19-13-14-25(36-2)27(17-19)38-4/h8,11-14,17,20-21,28-29,33H,1,6-7,9-10,15-16H2,2-5H3. The number of rotatable bonds is 8. The topological polar surface area (TPSA) is 92.3 Å². The van der Waals surface area contributed by atoms with Crippen molar-refractivity contribution in [3.63, 3.8) is 0 Å². The summed E-state index contributed by atoms with van der Waals surface area (Å²) in [5.41, 5.74) is 3.52. The van der Waals surface area contributed by atoms with Crippen LogP contribution in [0.4, 0.5) is 0 Å². The largest absolute Gasteiger partial charge is 0.493 e. The van der Waals surface area contributed by atoms with Crippen molar-refractivity contribution in [2.45, 2.75) is 56.5 Å². The molecule has 0 radical (unpaired) electrons. The molecule has 3 atom stereocenters. The predicted molar refractivity (Wildman–Crippen MR) is 150 cm³/mol. The number of methoxy groups -OCH3 is 4. The number of hydrogen-bond acceptors (Lipinski definition) is 8. The van der Waals surface area contributed by atoms with E-state index in [0.29, 0.717) is 46.3 Å². The second-order valence-electron chi connectivity index (χ2n) is 10.6. The first-order valence-electron chi connectivity index (χ1n) is 13.7. The van der Waals surface area contributed by atoms with Crippen molar-refractivity contribution in [1.29, 1.82) is 0 Å². The summed E-state index contributed by atoms with van der Waals surface area (Å²) in [5.74, 6) is 0.360. The zero-order valence-corrected chi connectivity index (χ0v) is 23.6. The number of esters is 1. The number of para-hydroxylation sites is 1. The minimum Gasteiger partial charge on any atom is -0.493 e. The van der Waals surface area contributed by atoms with Crippen molar-refractivity contribution in [2.24, 2.45) is 5.92 Å². The van der Waals surface area contributed by atoms with E-state index in [2.05, 4.69) is 11.9 Å². The molecule has 1 saturated carbocycles. The van der Waals surface area contributed by atoms with Crippen LogP contribution in [0.3, 0.4) is 0 Å². The Morgan fingerprint density at radius 3 is 2.30 bits per heavy atom. The van der Waals surface area contributed by atoms with Crippen LogP contribution in [0, 0.1) is 5.92 Å². The summed E-state index contributed by atoms with van der Waals surface area (Å²) in [4.78, 5) is 27.8. The molecule has 212 valence electrons. The Morgan fingerprint density at radius 1 is 0.900 bits per heavy atom. The Hall–Kier alpha value is -3.94. The number of nitrogens with one attached hydrogen (secondary N) is 1. The first-order chi connectivity index (χ1) is 19.4. The second-order valence-corrected chi connectivity index (χ2v) is 10.6. The summed E-state index contributed by atoms with van der Waals surface area (Å²) in [6, 6.07) is 11.3. The molecule has 8 heteroatoms. The highest BCUT2D eigenvalue weighted by molar-refractivity contribution is 6.01. The molecule has 1 N–H and O–H groups in total. The number of ketones is 1. The van der Waals surface area contributed by atoms with Gasteiger partial charge in [0, 0.05) is 34.9 Å².